The topological polar surface area (TPSA) is 59.8 Å². The Bertz CT molecular complexity index is 1340. The van der Waals surface area contributed by atoms with Gasteiger partial charge in [-0.2, -0.15) is 0 Å². The fourth-order valence-corrected chi connectivity index (χ4v) is 6.40. The van der Waals surface area contributed by atoms with Gasteiger partial charge < -0.3 is 23.8 Å². The number of carbonyl (C=O) groups excluding carboxylic acids is 1. The van der Waals surface area contributed by atoms with Crippen molar-refractivity contribution in [3.05, 3.63) is 59.3 Å². The highest BCUT2D eigenvalue weighted by molar-refractivity contribution is 5.99. The summed E-state index contributed by atoms with van der Waals surface area (Å²) in [5, 5.41) is 1.17. The Morgan fingerprint density at radius 2 is 1.95 bits per heavy atom. The second-order valence-corrected chi connectivity index (χ2v) is 11.8. The Hall–Kier alpha value is -2.81. The SMILES string of the molecule is COC1(OC)CC(CN2CC[C@H](Cc3cn(-c4ccc(F)cc4C(=O)N(C)C(C)C)c4cncc(C)c34)C2)C1. The summed E-state index contributed by atoms with van der Waals surface area (Å²) in [5.41, 5.74) is 4.33. The maximum absolute atomic E-state index is 14.4. The molecule has 0 bridgehead atoms. The normalized spacial score (nSPS) is 19.6. The van der Waals surface area contributed by atoms with Gasteiger partial charge in [0, 0.05) is 71.0 Å². The Morgan fingerprint density at radius 3 is 2.64 bits per heavy atom. The van der Waals surface area contributed by atoms with Gasteiger partial charge in [0.25, 0.3) is 5.91 Å². The van der Waals surface area contributed by atoms with Crippen LogP contribution in [0.4, 0.5) is 4.39 Å². The van der Waals surface area contributed by atoms with Gasteiger partial charge in [-0.25, -0.2) is 4.39 Å². The first kappa shape index (κ1) is 27.7. The van der Waals surface area contributed by atoms with Crippen LogP contribution in [0.25, 0.3) is 16.6 Å². The van der Waals surface area contributed by atoms with E-state index >= 15 is 0 Å². The third-order valence-corrected chi connectivity index (χ3v) is 8.86. The number of halogens is 1. The molecule has 0 radical (unpaired) electrons. The fourth-order valence-electron chi connectivity index (χ4n) is 6.40. The summed E-state index contributed by atoms with van der Waals surface area (Å²) in [6.45, 7) is 9.25. The van der Waals surface area contributed by atoms with E-state index in [9.17, 15) is 9.18 Å². The van der Waals surface area contributed by atoms with E-state index < -0.39 is 5.82 Å². The van der Waals surface area contributed by atoms with Crippen LogP contribution < -0.4 is 0 Å². The zero-order valence-electron chi connectivity index (χ0n) is 24.0. The zero-order chi connectivity index (χ0) is 27.9. The van der Waals surface area contributed by atoms with Gasteiger partial charge in [0.1, 0.15) is 5.82 Å². The van der Waals surface area contributed by atoms with E-state index in [1.165, 1.54) is 23.1 Å². The van der Waals surface area contributed by atoms with Crippen molar-refractivity contribution in [2.45, 2.75) is 58.3 Å². The van der Waals surface area contributed by atoms with Gasteiger partial charge in [0.2, 0.25) is 0 Å². The number of rotatable bonds is 9. The van der Waals surface area contributed by atoms with Gasteiger partial charge in [-0.15, -0.1) is 0 Å². The summed E-state index contributed by atoms with van der Waals surface area (Å²) in [7, 11) is 5.21. The number of ether oxygens (including phenoxy) is 2. The number of pyridine rings is 1. The number of likely N-dealkylation sites (tertiary alicyclic amines) is 1. The van der Waals surface area contributed by atoms with Gasteiger partial charge >= 0.3 is 0 Å². The molecule has 1 aromatic carbocycles. The van der Waals surface area contributed by atoms with E-state index in [1.807, 2.05) is 30.8 Å². The highest BCUT2D eigenvalue weighted by Crippen LogP contribution is 2.42. The third kappa shape index (κ3) is 5.34. The van der Waals surface area contributed by atoms with Gasteiger partial charge in [-0.1, -0.05) is 0 Å². The molecule has 210 valence electrons. The fraction of sp³-hybridized carbons (Fsp3) is 0.548. The van der Waals surface area contributed by atoms with E-state index in [-0.39, 0.29) is 17.7 Å². The molecule has 1 saturated heterocycles. The first-order valence-electron chi connectivity index (χ1n) is 14.0. The largest absolute Gasteiger partial charge is 0.353 e. The number of carbonyl (C=O) groups is 1. The summed E-state index contributed by atoms with van der Waals surface area (Å²) in [5.74, 6) is 0.153. The minimum Gasteiger partial charge on any atom is -0.353 e. The number of aromatic nitrogens is 2. The smallest absolute Gasteiger partial charge is 0.256 e. The number of aryl methyl sites for hydroxylation is 1. The molecule has 0 N–H and O–H groups in total. The van der Waals surface area contributed by atoms with Crippen LogP contribution in [-0.2, 0) is 15.9 Å². The molecular formula is C31H41FN4O3. The maximum atomic E-state index is 14.4. The Kier molecular flexibility index (Phi) is 7.82. The second kappa shape index (κ2) is 11.0. The van der Waals surface area contributed by atoms with Crippen LogP contribution in [0.15, 0.2) is 36.8 Å². The lowest BCUT2D eigenvalue weighted by atomic mass is 9.78. The van der Waals surface area contributed by atoms with Crippen LogP contribution in [0.3, 0.4) is 0 Å². The number of nitrogens with zero attached hydrogens (tertiary/aromatic N) is 4. The molecule has 1 atom stereocenters. The van der Waals surface area contributed by atoms with Crippen LogP contribution in [0.1, 0.15) is 54.6 Å². The number of hydrogen-bond donors (Lipinski definition) is 0. The number of methoxy groups -OCH3 is 2. The standard InChI is InChI=1S/C31H41FN4O3/c1-20(2)34(4)30(37)26-12-25(32)7-8-27(26)36-19-24(29-21(3)15-33-16-28(29)36)11-22-9-10-35(17-22)18-23-13-31(14-23,38-5)39-6/h7-8,12,15-16,19-20,22-23H,9-11,13-14,17-18H2,1-6H3/t22-/m1/s1. The molecule has 3 heterocycles. The van der Waals surface area contributed by atoms with E-state index in [4.69, 9.17) is 9.47 Å². The summed E-state index contributed by atoms with van der Waals surface area (Å²) in [6, 6.07) is 4.48. The van der Waals surface area contributed by atoms with Crippen LogP contribution >= 0.6 is 0 Å². The summed E-state index contributed by atoms with van der Waals surface area (Å²) in [6.07, 6.45) is 9.89. The highest BCUT2D eigenvalue weighted by Gasteiger charge is 2.45. The average molecular weight is 537 g/mol. The quantitative estimate of drug-likeness (QED) is 0.351. The number of fused-ring (bicyclic) bond motifs is 1. The van der Waals surface area contributed by atoms with Crippen molar-refractivity contribution in [2.75, 3.05) is 40.9 Å². The molecular weight excluding hydrogens is 495 g/mol. The van der Waals surface area contributed by atoms with Crippen LogP contribution in [-0.4, -0.2) is 78.0 Å². The molecule has 2 aliphatic rings. The van der Waals surface area contributed by atoms with Gasteiger partial charge in [0.15, 0.2) is 5.79 Å². The predicted octanol–water partition coefficient (Wildman–Crippen LogP) is 5.22. The molecule has 0 unspecified atom stereocenters. The molecule has 1 saturated carbocycles. The zero-order valence-corrected chi connectivity index (χ0v) is 24.0. The molecule has 1 amide bonds. The van der Waals surface area contributed by atoms with E-state index in [0.717, 1.165) is 56.4 Å². The lowest BCUT2D eigenvalue weighted by molar-refractivity contribution is -0.271. The maximum Gasteiger partial charge on any atom is 0.256 e. The van der Waals surface area contributed by atoms with Crippen LogP contribution in [0, 0.1) is 24.6 Å². The van der Waals surface area contributed by atoms with Crippen LogP contribution in [0.5, 0.6) is 0 Å². The van der Waals surface area contributed by atoms with E-state index in [2.05, 4.69) is 23.0 Å². The van der Waals surface area contributed by atoms with Crippen molar-refractivity contribution in [3.63, 3.8) is 0 Å². The second-order valence-electron chi connectivity index (χ2n) is 11.8. The molecule has 7 nitrogen and oxygen atoms in total. The first-order chi connectivity index (χ1) is 18.6. The van der Waals surface area contributed by atoms with Gasteiger partial charge in [-0.3, -0.25) is 9.78 Å². The first-order valence-corrected chi connectivity index (χ1v) is 14.0. The minimum atomic E-state index is -0.420. The monoisotopic (exact) mass is 536 g/mol. The molecule has 0 spiro atoms. The molecule has 1 aliphatic heterocycles. The van der Waals surface area contributed by atoms with Gasteiger partial charge in [-0.05, 0) is 81.3 Å². The lowest BCUT2D eigenvalue weighted by Crippen LogP contribution is -2.50. The van der Waals surface area contributed by atoms with Gasteiger partial charge in [0.05, 0.1) is 23.0 Å². The molecule has 8 heteroatoms. The summed E-state index contributed by atoms with van der Waals surface area (Å²) in [4.78, 5) is 22.1. The van der Waals surface area contributed by atoms with Crippen molar-refractivity contribution in [2.24, 2.45) is 11.8 Å². The molecule has 2 aromatic heterocycles. The number of amides is 1. The molecule has 2 fully saturated rings. The van der Waals surface area contributed by atoms with Crippen molar-refractivity contribution in [1.82, 2.24) is 19.4 Å². The van der Waals surface area contributed by atoms with Crippen molar-refractivity contribution in [3.8, 4) is 5.69 Å². The Morgan fingerprint density at radius 1 is 1.21 bits per heavy atom. The predicted molar refractivity (Wildman–Crippen MR) is 151 cm³/mol. The molecule has 39 heavy (non-hydrogen) atoms. The highest BCUT2D eigenvalue weighted by atomic mass is 19.1. The van der Waals surface area contributed by atoms with Crippen molar-refractivity contribution < 1.29 is 18.7 Å². The van der Waals surface area contributed by atoms with E-state index in [0.29, 0.717) is 23.1 Å². The van der Waals surface area contributed by atoms with Crippen molar-refractivity contribution in [1.29, 1.82) is 0 Å². The molecule has 3 aromatic rings. The Balaban J connectivity index is 1.40. The molecule has 1 aliphatic carbocycles. The third-order valence-electron chi connectivity index (χ3n) is 8.86. The lowest BCUT2D eigenvalue weighted by Gasteiger charge is -2.46. The minimum absolute atomic E-state index is 0.000149. The average Bonchev–Trinajstić information content (AvgIpc) is 3.50. The Labute approximate surface area is 230 Å². The van der Waals surface area contributed by atoms with Crippen molar-refractivity contribution >= 4 is 16.8 Å². The van der Waals surface area contributed by atoms with E-state index in [1.54, 1.807) is 32.2 Å². The summed E-state index contributed by atoms with van der Waals surface area (Å²) < 4.78 is 27.5. The summed E-state index contributed by atoms with van der Waals surface area (Å²) >= 11 is 0. The molecule has 5 rings (SSSR count). The number of benzene rings is 1. The number of hydrogen-bond acceptors (Lipinski definition) is 5. The van der Waals surface area contributed by atoms with Crippen LogP contribution in [0.2, 0.25) is 0 Å².